The van der Waals surface area contributed by atoms with Crippen LogP contribution in [0, 0.1) is 19.3 Å². The molecule has 0 aliphatic rings. The molecule has 0 bridgehead atoms. The Morgan fingerprint density at radius 1 is 1.17 bits per heavy atom. The average molecular weight is 331 g/mol. The lowest BCUT2D eigenvalue weighted by atomic mass is 9.88. The van der Waals surface area contributed by atoms with Crippen LogP contribution in [-0.2, 0) is 9.59 Å². The highest BCUT2D eigenvalue weighted by Gasteiger charge is 2.48. The quantitative estimate of drug-likeness (QED) is 0.867. The number of benzene rings is 1. The summed E-state index contributed by atoms with van der Waals surface area (Å²) in [6.07, 6.45) is -5.39. The number of hydrogen-bond donors (Lipinski definition) is 2. The molecule has 23 heavy (non-hydrogen) atoms. The third-order valence-electron chi connectivity index (χ3n) is 3.79. The Morgan fingerprint density at radius 2 is 1.74 bits per heavy atom. The summed E-state index contributed by atoms with van der Waals surface area (Å²) in [4.78, 5) is 23.2. The lowest BCUT2D eigenvalue weighted by Crippen LogP contribution is -2.40. The van der Waals surface area contributed by atoms with E-state index < -0.39 is 35.9 Å². The molecule has 0 saturated heterocycles. The molecule has 1 aromatic carbocycles. The van der Waals surface area contributed by atoms with Gasteiger partial charge in [0.25, 0.3) is 0 Å². The van der Waals surface area contributed by atoms with E-state index in [4.69, 9.17) is 0 Å². The maximum absolute atomic E-state index is 12.8. The Hall–Kier alpha value is -2.05. The first kappa shape index (κ1) is 19.0. The van der Waals surface area contributed by atoms with Gasteiger partial charge in [-0.2, -0.15) is 13.2 Å². The van der Waals surface area contributed by atoms with Crippen LogP contribution < -0.4 is 5.32 Å². The first-order valence-electron chi connectivity index (χ1n) is 7.01. The lowest BCUT2D eigenvalue weighted by molar-refractivity contribution is -0.213. The first-order chi connectivity index (χ1) is 10.3. The summed E-state index contributed by atoms with van der Waals surface area (Å²) in [5, 5.41) is 11.4. The van der Waals surface area contributed by atoms with Gasteiger partial charge in [-0.25, -0.2) is 4.79 Å². The van der Waals surface area contributed by atoms with Crippen molar-refractivity contribution < 1.29 is 27.9 Å². The van der Waals surface area contributed by atoms with Crippen LogP contribution in [0.1, 0.15) is 43.0 Å². The molecule has 1 amide bonds. The van der Waals surface area contributed by atoms with E-state index in [1.807, 2.05) is 6.92 Å². The van der Waals surface area contributed by atoms with Crippen LogP contribution in [0.3, 0.4) is 0 Å². The predicted octanol–water partition coefficient (Wildman–Crippen LogP) is 3.52. The summed E-state index contributed by atoms with van der Waals surface area (Å²) in [5.41, 5.74) is -0.136. The molecular weight excluding hydrogens is 311 g/mol. The molecule has 1 aromatic rings. The number of amides is 1. The Labute approximate surface area is 132 Å². The number of nitrogens with one attached hydrogen (secondary N) is 1. The Balaban J connectivity index is 2.95. The van der Waals surface area contributed by atoms with Crippen molar-refractivity contribution in [2.45, 2.75) is 46.3 Å². The fourth-order valence-electron chi connectivity index (χ4n) is 1.95. The minimum atomic E-state index is -4.55. The number of carboxylic acids is 1. The SMILES string of the molecule is Cc1ccc(C(NC(=O)CC(C)(C)C(F)(F)F)C(=O)O)cc1C. The van der Waals surface area contributed by atoms with Gasteiger partial charge in [0.1, 0.15) is 0 Å². The van der Waals surface area contributed by atoms with Crippen molar-refractivity contribution in [1.29, 1.82) is 0 Å². The van der Waals surface area contributed by atoms with Crippen molar-refractivity contribution in [2.24, 2.45) is 5.41 Å². The van der Waals surface area contributed by atoms with Crippen LogP contribution in [0.15, 0.2) is 18.2 Å². The normalized spacial score (nSPS) is 13.5. The molecule has 4 nitrogen and oxygen atoms in total. The molecule has 0 heterocycles. The summed E-state index contributed by atoms with van der Waals surface area (Å²) in [6.45, 7) is 5.43. The zero-order valence-electron chi connectivity index (χ0n) is 13.4. The van der Waals surface area contributed by atoms with Gasteiger partial charge < -0.3 is 10.4 Å². The fraction of sp³-hybridized carbons (Fsp3) is 0.500. The smallest absolute Gasteiger partial charge is 0.394 e. The summed E-state index contributed by atoms with van der Waals surface area (Å²) in [6, 6.07) is 3.46. The van der Waals surface area contributed by atoms with Crippen molar-refractivity contribution in [3.05, 3.63) is 34.9 Å². The Kier molecular flexibility index (Phi) is 5.45. The lowest BCUT2D eigenvalue weighted by Gasteiger charge is -2.27. The maximum Gasteiger partial charge on any atom is 0.394 e. The van der Waals surface area contributed by atoms with E-state index in [-0.39, 0.29) is 0 Å². The van der Waals surface area contributed by atoms with Crippen molar-refractivity contribution in [3.8, 4) is 0 Å². The summed E-state index contributed by atoms with van der Waals surface area (Å²) in [7, 11) is 0. The molecule has 1 atom stereocenters. The van der Waals surface area contributed by atoms with Crippen LogP contribution >= 0.6 is 0 Å². The second kappa shape index (κ2) is 6.60. The zero-order valence-corrected chi connectivity index (χ0v) is 13.4. The number of rotatable bonds is 5. The standard InChI is InChI=1S/C16H20F3NO3/c1-9-5-6-11(7-10(9)2)13(14(22)23)20-12(21)8-15(3,4)16(17,18)19/h5-7,13H,8H2,1-4H3,(H,20,21)(H,22,23). The van der Waals surface area contributed by atoms with E-state index in [0.29, 0.717) is 5.56 Å². The van der Waals surface area contributed by atoms with Gasteiger partial charge in [0.2, 0.25) is 5.91 Å². The van der Waals surface area contributed by atoms with E-state index in [1.165, 1.54) is 6.07 Å². The molecule has 7 heteroatoms. The van der Waals surface area contributed by atoms with Crippen molar-refractivity contribution in [1.82, 2.24) is 5.32 Å². The molecule has 1 rings (SSSR count). The van der Waals surface area contributed by atoms with Gasteiger partial charge in [0.15, 0.2) is 6.04 Å². The monoisotopic (exact) mass is 331 g/mol. The molecule has 0 radical (unpaired) electrons. The third kappa shape index (κ3) is 4.71. The Morgan fingerprint density at radius 3 is 2.17 bits per heavy atom. The highest BCUT2D eigenvalue weighted by atomic mass is 19.4. The van der Waals surface area contributed by atoms with Gasteiger partial charge in [-0.15, -0.1) is 0 Å². The number of halogens is 3. The number of carbonyl (C=O) groups is 2. The van der Waals surface area contributed by atoms with Crippen molar-refractivity contribution in [2.75, 3.05) is 0 Å². The number of aryl methyl sites for hydroxylation is 2. The van der Waals surface area contributed by atoms with Crippen molar-refractivity contribution in [3.63, 3.8) is 0 Å². The molecule has 1 unspecified atom stereocenters. The van der Waals surface area contributed by atoms with E-state index in [1.54, 1.807) is 19.1 Å². The van der Waals surface area contributed by atoms with Gasteiger partial charge in [-0.05, 0) is 30.5 Å². The number of aliphatic carboxylic acids is 1. The molecule has 0 aliphatic heterocycles. The number of hydrogen-bond acceptors (Lipinski definition) is 2. The van der Waals surface area contributed by atoms with Gasteiger partial charge in [-0.3, -0.25) is 4.79 Å². The maximum atomic E-state index is 12.8. The van der Waals surface area contributed by atoms with E-state index >= 15 is 0 Å². The van der Waals surface area contributed by atoms with Crippen LogP contribution in [0.4, 0.5) is 13.2 Å². The second-order valence-electron chi connectivity index (χ2n) is 6.24. The fourth-order valence-corrected chi connectivity index (χ4v) is 1.95. The molecule has 0 aliphatic carbocycles. The second-order valence-corrected chi connectivity index (χ2v) is 6.24. The predicted molar refractivity (Wildman–Crippen MR) is 78.9 cm³/mol. The largest absolute Gasteiger partial charge is 0.479 e. The van der Waals surface area contributed by atoms with E-state index in [0.717, 1.165) is 25.0 Å². The van der Waals surface area contributed by atoms with Crippen LogP contribution in [-0.4, -0.2) is 23.2 Å². The molecule has 0 fully saturated rings. The first-order valence-corrected chi connectivity index (χ1v) is 7.01. The van der Waals surface area contributed by atoms with Gasteiger partial charge in [0.05, 0.1) is 5.41 Å². The average Bonchev–Trinajstić information content (AvgIpc) is 2.37. The van der Waals surface area contributed by atoms with Crippen LogP contribution in [0.5, 0.6) is 0 Å². The van der Waals surface area contributed by atoms with Gasteiger partial charge in [0, 0.05) is 6.42 Å². The number of carbonyl (C=O) groups excluding carboxylic acids is 1. The van der Waals surface area contributed by atoms with E-state index in [9.17, 15) is 27.9 Å². The Bertz CT molecular complexity index is 609. The molecule has 2 N–H and O–H groups in total. The summed E-state index contributed by atoms with van der Waals surface area (Å²) in [5.74, 6) is -2.29. The molecule has 0 spiro atoms. The topological polar surface area (TPSA) is 66.4 Å². The number of alkyl halides is 3. The van der Waals surface area contributed by atoms with E-state index in [2.05, 4.69) is 5.32 Å². The molecule has 0 saturated carbocycles. The highest BCUT2D eigenvalue weighted by Crippen LogP contribution is 2.40. The minimum Gasteiger partial charge on any atom is -0.479 e. The van der Waals surface area contributed by atoms with Crippen LogP contribution in [0.2, 0.25) is 0 Å². The molecule has 0 aromatic heterocycles. The molecule has 128 valence electrons. The number of carboxylic acid groups (broad SMARTS) is 1. The van der Waals surface area contributed by atoms with Crippen LogP contribution in [0.25, 0.3) is 0 Å². The van der Waals surface area contributed by atoms with Gasteiger partial charge in [-0.1, -0.05) is 32.0 Å². The zero-order chi connectivity index (χ0) is 18.0. The highest BCUT2D eigenvalue weighted by molar-refractivity contribution is 5.85. The molecular formula is C16H20F3NO3. The summed E-state index contributed by atoms with van der Waals surface area (Å²) < 4.78 is 38.4. The van der Waals surface area contributed by atoms with Gasteiger partial charge >= 0.3 is 12.1 Å². The minimum absolute atomic E-state index is 0.318. The summed E-state index contributed by atoms with van der Waals surface area (Å²) >= 11 is 0. The van der Waals surface area contributed by atoms with Crippen molar-refractivity contribution >= 4 is 11.9 Å². The third-order valence-corrected chi connectivity index (χ3v) is 3.79.